The smallest absolute Gasteiger partial charge is 0.330 e. The van der Waals surface area contributed by atoms with Gasteiger partial charge in [-0.2, -0.15) is 0 Å². The standard InChI is InChI=1S/C16H21BrN2O10/c17-2-1-6-3-19(15(27)18-14(6)26)16(12(25)10(23)8(5-21)29-16)13-11(24)9(22)7(4-20)28-13/h1-3,7-13,20-25H,4-5H2,(H,18,26,27)/b2-1+/t7-,8-,9-,10-,11+,12-,13?,16+/m1/s1. The largest absolute Gasteiger partial charge is 0.394 e. The van der Waals surface area contributed by atoms with Crippen molar-refractivity contribution in [3.63, 3.8) is 0 Å². The Balaban J connectivity index is 2.25. The molecule has 1 aromatic rings. The van der Waals surface area contributed by atoms with Crippen LogP contribution in [0.3, 0.4) is 0 Å². The monoisotopic (exact) mass is 480 g/mol. The summed E-state index contributed by atoms with van der Waals surface area (Å²) in [4.78, 5) is 28.0. The van der Waals surface area contributed by atoms with Crippen molar-refractivity contribution in [2.45, 2.75) is 48.5 Å². The van der Waals surface area contributed by atoms with E-state index < -0.39 is 72.9 Å². The molecule has 2 fully saturated rings. The molecule has 0 aromatic carbocycles. The first-order valence-corrected chi connectivity index (χ1v) is 9.55. The third-order valence-electron chi connectivity index (χ3n) is 5.19. The van der Waals surface area contributed by atoms with Crippen LogP contribution in [0.15, 0.2) is 20.8 Å². The van der Waals surface area contributed by atoms with Crippen LogP contribution < -0.4 is 11.2 Å². The molecule has 0 radical (unpaired) electrons. The van der Waals surface area contributed by atoms with Crippen LogP contribution in [0.25, 0.3) is 6.08 Å². The van der Waals surface area contributed by atoms with Gasteiger partial charge in [0.2, 0.25) is 5.72 Å². The molecule has 162 valence electrons. The van der Waals surface area contributed by atoms with E-state index >= 15 is 0 Å². The molecule has 1 unspecified atom stereocenters. The molecule has 0 spiro atoms. The van der Waals surface area contributed by atoms with E-state index in [9.17, 15) is 40.2 Å². The predicted octanol–water partition coefficient (Wildman–Crippen LogP) is -3.85. The highest BCUT2D eigenvalue weighted by molar-refractivity contribution is 9.11. The number of aromatic amines is 1. The van der Waals surface area contributed by atoms with Crippen molar-refractivity contribution >= 4 is 22.0 Å². The van der Waals surface area contributed by atoms with E-state index in [4.69, 9.17) is 9.47 Å². The van der Waals surface area contributed by atoms with Gasteiger partial charge < -0.3 is 40.1 Å². The second-order valence-corrected chi connectivity index (χ2v) is 7.32. The number of aliphatic hydroxyl groups is 6. The van der Waals surface area contributed by atoms with Gasteiger partial charge in [0, 0.05) is 6.20 Å². The second kappa shape index (κ2) is 8.37. The minimum atomic E-state index is -2.34. The zero-order valence-electron chi connectivity index (χ0n) is 14.8. The van der Waals surface area contributed by atoms with Crippen LogP contribution in [0, 0.1) is 0 Å². The van der Waals surface area contributed by atoms with E-state index in [0.29, 0.717) is 0 Å². The van der Waals surface area contributed by atoms with Crippen molar-refractivity contribution in [1.29, 1.82) is 0 Å². The fourth-order valence-electron chi connectivity index (χ4n) is 3.72. The van der Waals surface area contributed by atoms with Crippen molar-refractivity contribution in [2.24, 2.45) is 0 Å². The van der Waals surface area contributed by atoms with Crippen LogP contribution in [0.1, 0.15) is 5.56 Å². The summed E-state index contributed by atoms with van der Waals surface area (Å²) in [6.45, 7) is -1.44. The van der Waals surface area contributed by atoms with Gasteiger partial charge in [0.15, 0.2) is 0 Å². The Labute approximate surface area is 171 Å². The Morgan fingerprint density at radius 3 is 2.28 bits per heavy atom. The number of aliphatic hydroxyl groups excluding tert-OH is 6. The summed E-state index contributed by atoms with van der Waals surface area (Å²) in [5.41, 5.74) is -4.22. The molecule has 0 amide bonds. The number of aromatic nitrogens is 2. The van der Waals surface area contributed by atoms with Gasteiger partial charge >= 0.3 is 5.69 Å². The lowest BCUT2D eigenvalue weighted by Crippen LogP contribution is -2.61. The Hall–Kier alpha value is -1.42. The average molecular weight is 481 g/mol. The fraction of sp³-hybridized carbons (Fsp3) is 0.625. The minimum Gasteiger partial charge on any atom is -0.394 e. The van der Waals surface area contributed by atoms with Gasteiger partial charge in [0.1, 0.15) is 42.7 Å². The number of hydrogen-bond acceptors (Lipinski definition) is 10. The quantitative estimate of drug-likeness (QED) is 0.219. The highest BCUT2D eigenvalue weighted by atomic mass is 79.9. The summed E-state index contributed by atoms with van der Waals surface area (Å²) in [6.07, 6.45) is -8.95. The van der Waals surface area contributed by atoms with Crippen molar-refractivity contribution in [2.75, 3.05) is 13.2 Å². The third-order valence-corrected chi connectivity index (χ3v) is 5.45. The van der Waals surface area contributed by atoms with Gasteiger partial charge in [-0.3, -0.25) is 14.3 Å². The van der Waals surface area contributed by atoms with Gasteiger partial charge in [-0.15, -0.1) is 0 Å². The molecule has 2 saturated heterocycles. The summed E-state index contributed by atoms with van der Waals surface area (Å²) in [5, 5.41) is 60.6. The van der Waals surface area contributed by atoms with Crippen molar-refractivity contribution in [1.82, 2.24) is 9.55 Å². The van der Waals surface area contributed by atoms with Gasteiger partial charge in [-0.1, -0.05) is 15.9 Å². The molecule has 3 heterocycles. The minimum absolute atomic E-state index is 0.0506. The molecule has 12 nitrogen and oxygen atoms in total. The zero-order chi connectivity index (χ0) is 21.5. The highest BCUT2D eigenvalue weighted by Gasteiger charge is 2.65. The Kier molecular flexibility index (Phi) is 6.43. The molecule has 0 saturated carbocycles. The summed E-state index contributed by atoms with van der Waals surface area (Å²) in [6, 6.07) is 0. The molecule has 0 aliphatic carbocycles. The van der Waals surface area contributed by atoms with E-state index in [1.807, 2.05) is 4.98 Å². The van der Waals surface area contributed by atoms with Gasteiger partial charge in [-0.25, -0.2) is 4.79 Å². The summed E-state index contributed by atoms with van der Waals surface area (Å²) in [5.74, 6) is 0. The molecule has 1 aromatic heterocycles. The summed E-state index contributed by atoms with van der Waals surface area (Å²) < 4.78 is 11.8. The molecule has 29 heavy (non-hydrogen) atoms. The van der Waals surface area contributed by atoms with E-state index in [1.165, 1.54) is 11.1 Å². The first-order chi connectivity index (χ1) is 13.7. The topological polar surface area (TPSA) is 195 Å². The Morgan fingerprint density at radius 2 is 1.76 bits per heavy atom. The zero-order valence-corrected chi connectivity index (χ0v) is 16.4. The van der Waals surface area contributed by atoms with Crippen LogP contribution in [0.4, 0.5) is 0 Å². The summed E-state index contributed by atoms with van der Waals surface area (Å²) in [7, 11) is 0. The molecule has 0 bridgehead atoms. The number of hydrogen-bond donors (Lipinski definition) is 7. The van der Waals surface area contributed by atoms with Crippen molar-refractivity contribution in [3.8, 4) is 0 Å². The lowest BCUT2D eigenvalue weighted by molar-refractivity contribution is -0.234. The number of rotatable bonds is 5. The second-order valence-electron chi connectivity index (χ2n) is 6.79. The van der Waals surface area contributed by atoms with Crippen LogP contribution in [0.5, 0.6) is 0 Å². The van der Waals surface area contributed by atoms with Gasteiger partial charge in [0.05, 0.1) is 18.8 Å². The first kappa shape index (κ1) is 22.3. The Bertz CT molecular complexity index is 887. The van der Waals surface area contributed by atoms with E-state index in [-0.39, 0.29) is 5.56 Å². The molecule has 3 rings (SSSR count). The molecular weight excluding hydrogens is 460 g/mol. The first-order valence-electron chi connectivity index (χ1n) is 8.63. The maximum Gasteiger partial charge on any atom is 0.330 e. The van der Waals surface area contributed by atoms with E-state index in [0.717, 1.165) is 10.8 Å². The molecular formula is C16H21BrN2O10. The number of nitrogens with zero attached hydrogens (tertiary/aromatic N) is 1. The van der Waals surface area contributed by atoms with Crippen LogP contribution in [0.2, 0.25) is 0 Å². The van der Waals surface area contributed by atoms with Crippen LogP contribution in [-0.4, -0.2) is 96.1 Å². The number of halogens is 1. The molecule has 8 atom stereocenters. The van der Waals surface area contributed by atoms with Crippen LogP contribution in [-0.2, 0) is 15.2 Å². The molecule has 2 aliphatic rings. The summed E-state index contributed by atoms with van der Waals surface area (Å²) >= 11 is 3.00. The van der Waals surface area contributed by atoms with Crippen LogP contribution >= 0.6 is 15.9 Å². The van der Waals surface area contributed by atoms with Gasteiger partial charge in [0.25, 0.3) is 5.56 Å². The van der Waals surface area contributed by atoms with Gasteiger partial charge in [-0.05, 0) is 11.1 Å². The number of ether oxygens (including phenoxy) is 2. The molecule has 7 N–H and O–H groups in total. The Morgan fingerprint density at radius 1 is 1.10 bits per heavy atom. The normalized spacial score (nSPS) is 40.2. The van der Waals surface area contributed by atoms with E-state index in [2.05, 4.69) is 15.9 Å². The number of nitrogens with one attached hydrogen (secondary N) is 1. The van der Waals surface area contributed by atoms with E-state index in [1.54, 1.807) is 0 Å². The average Bonchev–Trinajstić information content (AvgIpc) is 3.13. The fourth-order valence-corrected chi connectivity index (χ4v) is 4.01. The van der Waals surface area contributed by atoms with Crippen molar-refractivity contribution in [3.05, 3.63) is 37.6 Å². The molecule has 2 aliphatic heterocycles. The molecule has 13 heteroatoms. The maximum absolute atomic E-state index is 12.6. The SMILES string of the molecule is O=c1[nH]c(=O)n([C@]2(C3O[C@H](CO)[C@@H](O)[C@@H]3O)O[C@H](CO)[C@@H](O)[C@H]2O)cc1/C=C/Br. The third kappa shape index (κ3) is 3.41. The van der Waals surface area contributed by atoms with Crippen molar-refractivity contribution < 1.29 is 40.1 Å². The maximum atomic E-state index is 12.6. The lowest BCUT2D eigenvalue weighted by atomic mass is 9.92. The predicted molar refractivity (Wildman–Crippen MR) is 99.0 cm³/mol. The lowest BCUT2D eigenvalue weighted by Gasteiger charge is -2.39. The highest BCUT2D eigenvalue weighted by Crippen LogP contribution is 2.43. The number of H-pyrrole nitrogens is 1.